The largest absolute Gasteiger partial charge is 0.321 e. The Bertz CT molecular complexity index is 372. The maximum atomic E-state index is 6.19. The first-order valence-electron chi connectivity index (χ1n) is 9.15. The fourth-order valence-corrected chi connectivity index (χ4v) is 5.91. The molecule has 0 aromatic heterocycles. The fourth-order valence-electron chi connectivity index (χ4n) is 3.88. The van der Waals surface area contributed by atoms with E-state index in [-0.39, 0.29) is 16.5 Å². The zero-order valence-electron chi connectivity index (χ0n) is 16.2. The molecule has 136 valence electrons. The minimum absolute atomic E-state index is 0.141. The van der Waals surface area contributed by atoms with Gasteiger partial charge in [-0.2, -0.15) is 0 Å². The Kier molecular flexibility index (Phi) is 6.18. The van der Waals surface area contributed by atoms with Gasteiger partial charge in [0.1, 0.15) is 0 Å². The molecule has 0 atom stereocenters. The summed E-state index contributed by atoms with van der Waals surface area (Å²) in [5.74, 6) is 0. The Hall–Kier alpha value is 0.270. The number of nitrogens with one attached hydrogen (secondary N) is 1. The lowest BCUT2D eigenvalue weighted by molar-refractivity contribution is 0.0274. The van der Waals surface area contributed by atoms with E-state index in [1.165, 1.54) is 12.8 Å². The number of piperidine rings is 1. The van der Waals surface area contributed by atoms with Crippen LogP contribution in [0.25, 0.3) is 0 Å². The van der Waals surface area contributed by atoms with E-state index in [0.29, 0.717) is 6.04 Å². The Morgan fingerprint density at radius 3 is 2.00 bits per heavy atom. The van der Waals surface area contributed by atoms with Crippen molar-refractivity contribution < 1.29 is 9.05 Å². The topological polar surface area (TPSA) is 33.7 Å². The molecule has 1 N–H and O–H groups in total. The lowest BCUT2D eigenvalue weighted by Gasteiger charge is -2.51. The van der Waals surface area contributed by atoms with Crippen LogP contribution >= 0.6 is 8.53 Å². The van der Waals surface area contributed by atoms with Crippen molar-refractivity contribution in [2.45, 2.75) is 91.3 Å². The van der Waals surface area contributed by atoms with E-state index in [1.54, 1.807) is 0 Å². The summed E-state index contributed by atoms with van der Waals surface area (Å²) in [6.45, 7) is 18.6. The predicted octanol–water partition coefficient (Wildman–Crippen LogP) is 4.70. The van der Waals surface area contributed by atoms with Crippen molar-refractivity contribution >= 4 is 8.53 Å². The number of unbranched alkanes of at least 4 members (excludes halogenated alkanes) is 1. The molecule has 0 radical (unpaired) electrons. The first-order chi connectivity index (χ1) is 10.5. The second-order valence-corrected chi connectivity index (χ2v) is 10.9. The van der Waals surface area contributed by atoms with Crippen LogP contribution in [0.1, 0.15) is 74.1 Å². The van der Waals surface area contributed by atoms with Gasteiger partial charge in [0, 0.05) is 29.1 Å². The van der Waals surface area contributed by atoms with E-state index in [2.05, 4.69) is 58.5 Å². The molecular formula is C18H37N2O2P. The molecule has 0 aromatic rings. The molecule has 0 amide bonds. The number of hydrogen-bond donors (Lipinski definition) is 1. The molecule has 0 aliphatic carbocycles. The van der Waals surface area contributed by atoms with E-state index in [9.17, 15) is 0 Å². The van der Waals surface area contributed by atoms with Crippen molar-refractivity contribution in [2.75, 3.05) is 19.8 Å². The SMILES string of the molecule is CCCCN(C1CC(C)(C)NC(C)(C)C1)P1OCC(C)(C)CO1. The van der Waals surface area contributed by atoms with Crippen LogP contribution in [0.15, 0.2) is 0 Å². The molecule has 2 saturated heterocycles. The van der Waals surface area contributed by atoms with E-state index < -0.39 is 8.53 Å². The highest BCUT2D eigenvalue weighted by Crippen LogP contribution is 2.52. The summed E-state index contributed by atoms with van der Waals surface area (Å²) in [6, 6.07) is 0.528. The van der Waals surface area contributed by atoms with Gasteiger partial charge < -0.3 is 14.4 Å². The third-order valence-electron chi connectivity index (χ3n) is 4.67. The molecule has 2 aliphatic heterocycles. The quantitative estimate of drug-likeness (QED) is 0.733. The van der Waals surface area contributed by atoms with Crippen LogP contribution in [-0.2, 0) is 9.05 Å². The maximum absolute atomic E-state index is 6.19. The minimum Gasteiger partial charge on any atom is -0.321 e. The van der Waals surface area contributed by atoms with Gasteiger partial charge in [-0.1, -0.05) is 27.2 Å². The molecule has 0 saturated carbocycles. The van der Waals surface area contributed by atoms with Gasteiger partial charge in [0.2, 0.25) is 0 Å². The van der Waals surface area contributed by atoms with Crippen molar-refractivity contribution in [3.63, 3.8) is 0 Å². The second-order valence-electron chi connectivity index (χ2n) is 9.42. The monoisotopic (exact) mass is 344 g/mol. The van der Waals surface area contributed by atoms with Crippen LogP contribution in [0.2, 0.25) is 0 Å². The van der Waals surface area contributed by atoms with Crippen molar-refractivity contribution in [3.8, 4) is 0 Å². The molecule has 0 unspecified atom stereocenters. The molecule has 5 heteroatoms. The number of rotatable bonds is 5. The van der Waals surface area contributed by atoms with E-state index in [1.807, 2.05) is 0 Å². The average Bonchev–Trinajstić information content (AvgIpc) is 2.37. The molecule has 0 aromatic carbocycles. The van der Waals surface area contributed by atoms with E-state index in [0.717, 1.165) is 32.6 Å². The molecule has 23 heavy (non-hydrogen) atoms. The molecule has 0 bridgehead atoms. The second kappa shape index (κ2) is 7.25. The van der Waals surface area contributed by atoms with Crippen LogP contribution in [0.3, 0.4) is 0 Å². The molecule has 4 nitrogen and oxygen atoms in total. The molecular weight excluding hydrogens is 307 g/mol. The highest BCUT2D eigenvalue weighted by molar-refractivity contribution is 7.44. The van der Waals surface area contributed by atoms with Gasteiger partial charge in [0.05, 0.1) is 13.2 Å². The molecule has 2 rings (SSSR count). The normalized spacial score (nSPS) is 28.2. The lowest BCUT2D eigenvalue weighted by atomic mass is 9.79. The van der Waals surface area contributed by atoms with Crippen LogP contribution in [0, 0.1) is 5.41 Å². The zero-order valence-corrected chi connectivity index (χ0v) is 17.1. The molecule has 2 aliphatic rings. The van der Waals surface area contributed by atoms with Crippen molar-refractivity contribution in [3.05, 3.63) is 0 Å². The van der Waals surface area contributed by atoms with Gasteiger partial charge in [-0.05, 0) is 47.0 Å². The first-order valence-corrected chi connectivity index (χ1v) is 10.3. The summed E-state index contributed by atoms with van der Waals surface area (Å²) in [5.41, 5.74) is 0.449. The smallest absolute Gasteiger partial charge is 0.259 e. The maximum Gasteiger partial charge on any atom is 0.259 e. The minimum atomic E-state index is -0.905. The lowest BCUT2D eigenvalue weighted by Crippen LogP contribution is -2.61. The predicted molar refractivity (Wildman–Crippen MR) is 98.5 cm³/mol. The highest BCUT2D eigenvalue weighted by Gasteiger charge is 2.43. The van der Waals surface area contributed by atoms with Gasteiger partial charge in [-0.15, -0.1) is 0 Å². The molecule has 2 heterocycles. The van der Waals surface area contributed by atoms with Gasteiger partial charge in [0.25, 0.3) is 8.53 Å². The number of hydrogen-bond acceptors (Lipinski definition) is 4. The Labute approximate surface area is 144 Å². The fraction of sp³-hybridized carbons (Fsp3) is 1.00. The highest BCUT2D eigenvalue weighted by atomic mass is 31.2. The molecule has 0 spiro atoms. The molecule has 2 fully saturated rings. The first kappa shape index (κ1) is 19.6. The summed E-state index contributed by atoms with van der Waals surface area (Å²) < 4.78 is 14.9. The zero-order chi connectivity index (χ0) is 17.3. The van der Waals surface area contributed by atoms with Crippen LogP contribution in [-0.4, -0.2) is 41.5 Å². The van der Waals surface area contributed by atoms with Gasteiger partial charge in [-0.25, -0.2) is 4.67 Å². The van der Waals surface area contributed by atoms with Crippen LogP contribution < -0.4 is 5.32 Å². The summed E-state index contributed by atoms with van der Waals surface area (Å²) in [4.78, 5) is 0. The number of nitrogens with zero attached hydrogens (tertiary/aromatic N) is 1. The standard InChI is InChI=1S/C18H37N2O2P/c1-8-9-10-20(23-21-13-16(2,3)14-22-23)15-11-17(4,5)19-18(6,7)12-15/h15,19H,8-14H2,1-7H3. The average molecular weight is 344 g/mol. The third-order valence-corrected chi connectivity index (χ3v) is 6.32. The Balaban J connectivity index is 2.11. The van der Waals surface area contributed by atoms with Crippen molar-refractivity contribution in [1.29, 1.82) is 0 Å². The van der Waals surface area contributed by atoms with Gasteiger partial charge in [0.15, 0.2) is 0 Å². The van der Waals surface area contributed by atoms with E-state index in [4.69, 9.17) is 9.05 Å². The Morgan fingerprint density at radius 1 is 1.00 bits per heavy atom. The van der Waals surface area contributed by atoms with Crippen LogP contribution in [0.5, 0.6) is 0 Å². The van der Waals surface area contributed by atoms with Crippen molar-refractivity contribution in [1.82, 2.24) is 9.99 Å². The summed E-state index contributed by atoms with van der Waals surface area (Å²) in [6.07, 6.45) is 4.72. The Morgan fingerprint density at radius 2 is 1.52 bits per heavy atom. The van der Waals surface area contributed by atoms with Gasteiger partial charge >= 0.3 is 0 Å². The third kappa shape index (κ3) is 5.64. The van der Waals surface area contributed by atoms with E-state index >= 15 is 0 Å². The van der Waals surface area contributed by atoms with Gasteiger partial charge in [-0.3, -0.25) is 0 Å². The summed E-state index contributed by atoms with van der Waals surface area (Å²) >= 11 is 0. The summed E-state index contributed by atoms with van der Waals surface area (Å²) in [5, 5.41) is 3.79. The summed E-state index contributed by atoms with van der Waals surface area (Å²) in [7, 11) is -0.905. The van der Waals surface area contributed by atoms with Crippen LogP contribution in [0.4, 0.5) is 0 Å². The van der Waals surface area contributed by atoms with Crippen molar-refractivity contribution in [2.24, 2.45) is 5.41 Å².